The third-order valence-corrected chi connectivity index (χ3v) is 4.32. The van der Waals surface area contributed by atoms with E-state index in [-0.39, 0.29) is 5.91 Å². The zero-order valence-corrected chi connectivity index (χ0v) is 12.4. The first-order valence-electron chi connectivity index (χ1n) is 7.24. The lowest BCUT2D eigenvalue weighted by molar-refractivity contribution is -0.121. The van der Waals surface area contributed by atoms with E-state index >= 15 is 0 Å². The van der Waals surface area contributed by atoms with Crippen LogP contribution < -0.4 is 5.32 Å². The van der Waals surface area contributed by atoms with Gasteiger partial charge in [-0.05, 0) is 28.7 Å². The van der Waals surface area contributed by atoms with Gasteiger partial charge < -0.3 is 5.32 Å². The zero-order valence-electron chi connectivity index (χ0n) is 12.4. The fourth-order valence-electron chi connectivity index (χ4n) is 3.11. The first kappa shape index (κ1) is 14.1. The molecule has 2 heteroatoms. The van der Waals surface area contributed by atoms with Gasteiger partial charge in [0, 0.05) is 13.0 Å². The summed E-state index contributed by atoms with van der Waals surface area (Å²) in [5.74, 6) is 1.75. The fraction of sp³-hybridized carbons (Fsp3) is 0.588. The SMILES string of the molecule is CC(C)CC(=O)NCC1C(c2ccccc2)C1(C)C. The van der Waals surface area contributed by atoms with E-state index in [1.54, 1.807) is 0 Å². The second-order valence-corrected chi connectivity index (χ2v) is 6.72. The molecule has 1 aromatic rings. The first-order chi connectivity index (χ1) is 8.93. The van der Waals surface area contributed by atoms with Crippen molar-refractivity contribution in [1.82, 2.24) is 5.32 Å². The monoisotopic (exact) mass is 259 g/mol. The summed E-state index contributed by atoms with van der Waals surface area (Å²) in [6.07, 6.45) is 0.628. The summed E-state index contributed by atoms with van der Waals surface area (Å²) in [5.41, 5.74) is 1.70. The predicted molar refractivity (Wildman–Crippen MR) is 78.9 cm³/mol. The minimum atomic E-state index is 0.185. The molecular weight excluding hydrogens is 234 g/mol. The Balaban J connectivity index is 1.90. The Hall–Kier alpha value is -1.31. The molecule has 104 valence electrons. The maximum atomic E-state index is 11.7. The molecule has 2 atom stereocenters. The molecule has 1 saturated carbocycles. The number of carbonyl (C=O) groups excluding carboxylic acids is 1. The van der Waals surface area contributed by atoms with Gasteiger partial charge in [0.05, 0.1) is 0 Å². The maximum Gasteiger partial charge on any atom is 0.220 e. The van der Waals surface area contributed by atoms with Gasteiger partial charge in [-0.2, -0.15) is 0 Å². The number of rotatable bonds is 5. The largest absolute Gasteiger partial charge is 0.356 e. The fourth-order valence-corrected chi connectivity index (χ4v) is 3.11. The van der Waals surface area contributed by atoms with Crippen LogP contribution in [0.4, 0.5) is 0 Å². The molecule has 0 spiro atoms. The molecule has 1 aliphatic rings. The van der Waals surface area contributed by atoms with Gasteiger partial charge in [-0.3, -0.25) is 4.79 Å². The van der Waals surface area contributed by atoms with Crippen LogP contribution in [0.3, 0.4) is 0 Å². The van der Waals surface area contributed by atoms with Crippen molar-refractivity contribution in [3.05, 3.63) is 35.9 Å². The number of amides is 1. The predicted octanol–water partition coefficient (Wildman–Crippen LogP) is 3.59. The van der Waals surface area contributed by atoms with Crippen molar-refractivity contribution < 1.29 is 4.79 Å². The van der Waals surface area contributed by atoms with Crippen LogP contribution in [0.1, 0.15) is 45.6 Å². The highest BCUT2D eigenvalue weighted by Crippen LogP contribution is 2.63. The van der Waals surface area contributed by atoms with Crippen LogP contribution in [-0.2, 0) is 4.79 Å². The minimum Gasteiger partial charge on any atom is -0.356 e. The molecule has 1 aliphatic carbocycles. The molecule has 1 N–H and O–H groups in total. The van der Waals surface area contributed by atoms with Gasteiger partial charge in [0.15, 0.2) is 0 Å². The van der Waals surface area contributed by atoms with Crippen molar-refractivity contribution in [3.8, 4) is 0 Å². The highest BCUT2D eigenvalue weighted by Gasteiger charge is 2.57. The van der Waals surface area contributed by atoms with E-state index < -0.39 is 0 Å². The van der Waals surface area contributed by atoms with Crippen LogP contribution in [0.5, 0.6) is 0 Å². The van der Waals surface area contributed by atoms with E-state index in [1.807, 2.05) is 0 Å². The van der Waals surface area contributed by atoms with Crippen LogP contribution in [0.15, 0.2) is 30.3 Å². The lowest BCUT2D eigenvalue weighted by Gasteiger charge is -2.07. The molecule has 0 radical (unpaired) electrons. The Morgan fingerprint density at radius 1 is 1.26 bits per heavy atom. The molecule has 19 heavy (non-hydrogen) atoms. The summed E-state index contributed by atoms with van der Waals surface area (Å²) in [6, 6.07) is 10.6. The van der Waals surface area contributed by atoms with E-state index in [0.717, 1.165) is 6.54 Å². The van der Waals surface area contributed by atoms with E-state index in [4.69, 9.17) is 0 Å². The zero-order chi connectivity index (χ0) is 14.0. The minimum absolute atomic E-state index is 0.185. The molecule has 0 aromatic heterocycles. The van der Waals surface area contributed by atoms with E-state index in [1.165, 1.54) is 5.56 Å². The average molecular weight is 259 g/mol. The Kier molecular flexibility index (Phi) is 3.98. The topological polar surface area (TPSA) is 29.1 Å². The number of nitrogens with one attached hydrogen (secondary N) is 1. The van der Waals surface area contributed by atoms with Crippen molar-refractivity contribution in [1.29, 1.82) is 0 Å². The quantitative estimate of drug-likeness (QED) is 0.860. The van der Waals surface area contributed by atoms with Gasteiger partial charge in [0.1, 0.15) is 0 Å². The van der Waals surface area contributed by atoms with Crippen LogP contribution >= 0.6 is 0 Å². The Morgan fingerprint density at radius 2 is 1.89 bits per heavy atom. The Morgan fingerprint density at radius 3 is 2.47 bits per heavy atom. The Bertz CT molecular complexity index is 436. The molecule has 1 fully saturated rings. The number of benzene rings is 1. The highest BCUT2D eigenvalue weighted by molar-refractivity contribution is 5.76. The van der Waals surface area contributed by atoms with Gasteiger partial charge >= 0.3 is 0 Å². The molecular formula is C17H25NO. The van der Waals surface area contributed by atoms with Crippen molar-refractivity contribution >= 4 is 5.91 Å². The van der Waals surface area contributed by atoms with E-state index in [2.05, 4.69) is 63.3 Å². The number of hydrogen-bond donors (Lipinski definition) is 1. The summed E-state index contributed by atoms with van der Waals surface area (Å²) in [5, 5.41) is 3.09. The van der Waals surface area contributed by atoms with Crippen molar-refractivity contribution in [2.75, 3.05) is 6.54 Å². The summed E-state index contributed by atoms with van der Waals surface area (Å²) in [6.45, 7) is 9.55. The molecule has 0 saturated heterocycles. The lowest BCUT2D eigenvalue weighted by Crippen LogP contribution is -2.27. The summed E-state index contributed by atoms with van der Waals surface area (Å²) in [4.78, 5) is 11.7. The van der Waals surface area contributed by atoms with Crippen LogP contribution in [0.25, 0.3) is 0 Å². The molecule has 0 aliphatic heterocycles. The summed E-state index contributed by atoms with van der Waals surface area (Å²) in [7, 11) is 0. The third kappa shape index (κ3) is 3.17. The van der Waals surface area contributed by atoms with Crippen molar-refractivity contribution in [2.24, 2.45) is 17.3 Å². The molecule has 1 amide bonds. The molecule has 2 rings (SSSR count). The van der Waals surface area contributed by atoms with Gasteiger partial charge in [-0.15, -0.1) is 0 Å². The van der Waals surface area contributed by atoms with Crippen LogP contribution in [0.2, 0.25) is 0 Å². The molecule has 0 bridgehead atoms. The van der Waals surface area contributed by atoms with Gasteiger partial charge in [-0.1, -0.05) is 58.0 Å². The third-order valence-electron chi connectivity index (χ3n) is 4.32. The molecule has 0 heterocycles. The summed E-state index contributed by atoms with van der Waals surface area (Å²) >= 11 is 0. The van der Waals surface area contributed by atoms with Crippen LogP contribution in [0, 0.1) is 17.3 Å². The highest BCUT2D eigenvalue weighted by atomic mass is 16.1. The molecule has 2 unspecified atom stereocenters. The number of hydrogen-bond acceptors (Lipinski definition) is 1. The standard InChI is InChI=1S/C17H25NO/c1-12(2)10-15(19)18-11-14-16(17(14,3)4)13-8-6-5-7-9-13/h5-9,12,14,16H,10-11H2,1-4H3,(H,18,19). The average Bonchev–Trinajstić information content (AvgIpc) is 2.89. The lowest BCUT2D eigenvalue weighted by atomic mass is 10.0. The second kappa shape index (κ2) is 5.36. The molecule has 2 nitrogen and oxygen atoms in total. The number of carbonyl (C=O) groups is 1. The van der Waals surface area contributed by atoms with Gasteiger partial charge in [0.2, 0.25) is 5.91 Å². The maximum absolute atomic E-state index is 11.7. The van der Waals surface area contributed by atoms with Crippen LogP contribution in [-0.4, -0.2) is 12.5 Å². The van der Waals surface area contributed by atoms with Crippen molar-refractivity contribution in [2.45, 2.75) is 40.0 Å². The second-order valence-electron chi connectivity index (χ2n) is 6.72. The molecule has 1 aromatic carbocycles. The van der Waals surface area contributed by atoms with E-state index in [0.29, 0.717) is 29.6 Å². The smallest absolute Gasteiger partial charge is 0.220 e. The van der Waals surface area contributed by atoms with E-state index in [9.17, 15) is 4.79 Å². The van der Waals surface area contributed by atoms with Gasteiger partial charge in [0.25, 0.3) is 0 Å². The normalized spacial score (nSPS) is 24.3. The van der Waals surface area contributed by atoms with Gasteiger partial charge in [-0.25, -0.2) is 0 Å². The summed E-state index contributed by atoms with van der Waals surface area (Å²) < 4.78 is 0. The first-order valence-corrected chi connectivity index (χ1v) is 7.24. The Labute approximate surface area is 116 Å². The van der Waals surface area contributed by atoms with Crippen molar-refractivity contribution in [3.63, 3.8) is 0 Å².